The number of carboxylic acids is 1. The number of nitrogens with one attached hydrogen (secondary N) is 1. The van der Waals surface area contributed by atoms with Crippen LogP contribution < -0.4 is 15.6 Å². The summed E-state index contributed by atoms with van der Waals surface area (Å²) in [4.78, 5) is 35.3. The van der Waals surface area contributed by atoms with Crippen molar-refractivity contribution in [3.8, 4) is 5.69 Å². The van der Waals surface area contributed by atoms with E-state index in [1.54, 1.807) is 6.20 Å². The summed E-state index contributed by atoms with van der Waals surface area (Å²) in [6.45, 7) is 3.81. The third kappa shape index (κ3) is 3.36. The first-order valence-corrected chi connectivity index (χ1v) is 10.2. The van der Waals surface area contributed by atoms with Crippen LogP contribution in [0.4, 0.5) is 10.2 Å². The van der Waals surface area contributed by atoms with Crippen molar-refractivity contribution in [2.24, 2.45) is 0 Å². The molecule has 1 atom stereocenters. The standard InChI is InChI=1S/C23H20FN5O3/c1-13-11-28(7-6-25-13)22-18(24)9-16-20(30)17(23(31)32)12-29(21(16)27-22)15-8-14-4-2-3-5-19(14)26-10-15/h2-5,8-10,12-13,25H,6-7,11H2,1H3,(H,31,32). The Morgan fingerprint density at radius 3 is 2.88 bits per heavy atom. The fraction of sp³-hybridized carbons (Fsp3) is 0.217. The lowest BCUT2D eigenvalue weighted by atomic mass is 10.1. The molecule has 32 heavy (non-hydrogen) atoms. The number of halogens is 1. The van der Waals surface area contributed by atoms with E-state index in [1.807, 2.05) is 42.2 Å². The number of nitrogens with zero attached hydrogens (tertiary/aromatic N) is 4. The van der Waals surface area contributed by atoms with Gasteiger partial charge in [-0.25, -0.2) is 14.2 Å². The SMILES string of the molecule is CC1CN(c2nc3c(cc2F)c(=O)c(C(=O)O)cn3-c2cnc3ccccc3c2)CCN1. The molecule has 0 radical (unpaired) electrons. The van der Waals surface area contributed by atoms with Gasteiger partial charge in [-0.2, -0.15) is 0 Å². The van der Waals surface area contributed by atoms with E-state index < -0.39 is 22.8 Å². The minimum absolute atomic E-state index is 0.0949. The predicted molar refractivity (Wildman–Crippen MR) is 119 cm³/mol. The van der Waals surface area contributed by atoms with Crippen LogP contribution in [0.3, 0.4) is 0 Å². The molecule has 0 aliphatic carbocycles. The molecule has 162 valence electrons. The summed E-state index contributed by atoms with van der Waals surface area (Å²) in [5.74, 6) is -1.91. The maximum atomic E-state index is 15.1. The summed E-state index contributed by atoms with van der Waals surface area (Å²) in [7, 11) is 0. The van der Waals surface area contributed by atoms with Crippen molar-refractivity contribution in [2.75, 3.05) is 24.5 Å². The minimum Gasteiger partial charge on any atom is -0.477 e. The highest BCUT2D eigenvalue weighted by molar-refractivity contribution is 5.93. The van der Waals surface area contributed by atoms with Crippen molar-refractivity contribution < 1.29 is 14.3 Å². The van der Waals surface area contributed by atoms with E-state index in [0.29, 0.717) is 25.3 Å². The van der Waals surface area contributed by atoms with Crippen LogP contribution in [0.1, 0.15) is 17.3 Å². The molecule has 1 aliphatic heterocycles. The summed E-state index contributed by atoms with van der Waals surface area (Å²) in [6.07, 6.45) is 2.81. The first kappa shape index (κ1) is 20.1. The number of rotatable bonds is 3. The molecule has 1 fully saturated rings. The van der Waals surface area contributed by atoms with Crippen LogP contribution in [0, 0.1) is 5.82 Å². The molecular formula is C23H20FN5O3. The molecule has 5 rings (SSSR count). The van der Waals surface area contributed by atoms with Crippen molar-refractivity contribution in [2.45, 2.75) is 13.0 Å². The van der Waals surface area contributed by atoms with Crippen molar-refractivity contribution >= 4 is 33.7 Å². The summed E-state index contributed by atoms with van der Waals surface area (Å²) in [6, 6.07) is 10.6. The number of carbonyl (C=O) groups is 1. The molecule has 1 unspecified atom stereocenters. The maximum absolute atomic E-state index is 15.1. The van der Waals surface area contributed by atoms with Gasteiger partial charge in [-0.3, -0.25) is 14.3 Å². The van der Waals surface area contributed by atoms with Gasteiger partial charge in [0.25, 0.3) is 0 Å². The van der Waals surface area contributed by atoms with E-state index in [9.17, 15) is 14.7 Å². The molecule has 0 amide bonds. The number of para-hydroxylation sites is 1. The average molecular weight is 433 g/mol. The zero-order chi connectivity index (χ0) is 22.4. The van der Waals surface area contributed by atoms with Crippen LogP contribution in [0.15, 0.2) is 53.6 Å². The van der Waals surface area contributed by atoms with E-state index in [0.717, 1.165) is 17.0 Å². The number of fused-ring (bicyclic) bond motifs is 2. The normalized spacial score (nSPS) is 16.6. The largest absolute Gasteiger partial charge is 0.477 e. The topological polar surface area (TPSA) is 100 Å². The highest BCUT2D eigenvalue weighted by Gasteiger charge is 2.24. The number of anilines is 1. The Bertz CT molecular complexity index is 1430. The summed E-state index contributed by atoms with van der Waals surface area (Å²) in [5.41, 5.74) is 0.240. The zero-order valence-electron chi connectivity index (χ0n) is 17.2. The number of carboxylic acid groups (broad SMARTS) is 1. The fourth-order valence-corrected chi connectivity index (χ4v) is 4.10. The third-order valence-electron chi connectivity index (χ3n) is 5.67. The molecule has 3 aromatic heterocycles. The molecular weight excluding hydrogens is 413 g/mol. The van der Waals surface area contributed by atoms with Crippen LogP contribution in [-0.2, 0) is 0 Å². The van der Waals surface area contributed by atoms with Gasteiger partial charge in [0, 0.05) is 37.3 Å². The third-order valence-corrected chi connectivity index (χ3v) is 5.67. The highest BCUT2D eigenvalue weighted by atomic mass is 19.1. The summed E-state index contributed by atoms with van der Waals surface area (Å²) in [5, 5.41) is 13.6. The molecule has 8 nitrogen and oxygen atoms in total. The number of piperazine rings is 1. The summed E-state index contributed by atoms with van der Waals surface area (Å²) < 4.78 is 16.5. The smallest absolute Gasteiger partial charge is 0.341 e. The molecule has 0 saturated carbocycles. The van der Waals surface area contributed by atoms with Crippen LogP contribution in [0.5, 0.6) is 0 Å². The fourth-order valence-electron chi connectivity index (χ4n) is 4.10. The number of aromatic carboxylic acids is 1. The second-order valence-electron chi connectivity index (χ2n) is 7.90. The van der Waals surface area contributed by atoms with Gasteiger partial charge >= 0.3 is 5.97 Å². The second-order valence-corrected chi connectivity index (χ2v) is 7.90. The minimum atomic E-state index is -1.39. The summed E-state index contributed by atoms with van der Waals surface area (Å²) >= 11 is 0. The average Bonchev–Trinajstić information content (AvgIpc) is 2.79. The molecule has 1 saturated heterocycles. The number of aromatic nitrogens is 3. The van der Waals surface area contributed by atoms with E-state index >= 15 is 4.39 Å². The van der Waals surface area contributed by atoms with E-state index in [1.165, 1.54) is 10.8 Å². The van der Waals surface area contributed by atoms with Crippen molar-refractivity contribution in [1.82, 2.24) is 19.9 Å². The Morgan fingerprint density at radius 2 is 2.09 bits per heavy atom. The number of benzene rings is 1. The first-order valence-electron chi connectivity index (χ1n) is 10.2. The van der Waals surface area contributed by atoms with E-state index in [2.05, 4.69) is 15.3 Å². The van der Waals surface area contributed by atoms with Crippen LogP contribution in [0.2, 0.25) is 0 Å². The lowest BCUT2D eigenvalue weighted by molar-refractivity contribution is 0.0695. The Morgan fingerprint density at radius 1 is 1.28 bits per heavy atom. The molecule has 1 aliphatic rings. The molecule has 9 heteroatoms. The van der Waals surface area contributed by atoms with Crippen LogP contribution in [0.25, 0.3) is 27.6 Å². The van der Waals surface area contributed by atoms with Crippen molar-refractivity contribution in [3.63, 3.8) is 0 Å². The zero-order valence-corrected chi connectivity index (χ0v) is 17.2. The second kappa shape index (κ2) is 7.69. The van der Waals surface area contributed by atoms with Gasteiger partial charge in [-0.05, 0) is 25.1 Å². The number of hydrogen-bond acceptors (Lipinski definition) is 6. The van der Waals surface area contributed by atoms with Gasteiger partial charge in [0.05, 0.1) is 22.8 Å². The number of pyridine rings is 3. The Kier molecular flexibility index (Phi) is 4.82. The van der Waals surface area contributed by atoms with Crippen LogP contribution in [-0.4, -0.2) is 51.3 Å². The van der Waals surface area contributed by atoms with Gasteiger partial charge in [0.2, 0.25) is 5.43 Å². The number of hydrogen-bond donors (Lipinski definition) is 2. The predicted octanol–water partition coefficient (Wildman–Crippen LogP) is 2.57. The lowest BCUT2D eigenvalue weighted by Gasteiger charge is -2.33. The van der Waals surface area contributed by atoms with Crippen molar-refractivity contribution in [3.05, 3.63) is 70.4 Å². The molecule has 0 bridgehead atoms. The molecule has 4 heterocycles. The van der Waals surface area contributed by atoms with Gasteiger partial charge in [-0.15, -0.1) is 0 Å². The highest BCUT2D eigenvalue weighted by Crippen LogP contribution is 2.25. The Hall–Kier alpha value is -3.85. The van der Waals surface area contributed by atoms with Crippen molar-refractivity contribution in [1.29, 1.82) is 0 Å². The monoisotopic (exact) mass is 433 g/mol. The van der Waals surface area contributed by atoms with Gasteiger partial charge in [0.15, 0.2) is 17.3 Å². The van der Waals surface area contributed by atoms with Gasteiger partial charge < -0.3 is 15.3 Å². The Labute approximate surface area is 181 Å². The first-order chi connectivity index (χ1) is 15.4. The van der Waals surface area contributed by atoms with E-state index in [4.69, 9.17) is 0 Å². The lowest BCUT2D eigenvalue weighted by Crippen LogP contribution is -2.49. The molecule has 1 aromatic carbocycles. The molecule has 2 N–H and O–H groups in total. The Balaban J connectivity index is 1.79. The van der Waals surface area contributed by atoms with Gasteiger partial charge in [-0.1, -0.05) is 18.2 Å². The van der Waals surface area contributed by atoms with Crippen LogP contribution >= 0.6 is 0 Å². The molecule has 0 spiro atoms. The van der Waals surface area contributed by atoms with Gasteiger partial charge in [0.1, 0.15) is 5.56 Å². The van der Waals surface area contributed by atoms with E-state index in [-0.39, 0.29) is 22.9 Å². The quantitative estimate of drug-likeness (QED) is 0.512. The maximum Gasteiger partial charge on any atom is 0.341 e. The molecule has 4 aromatic rings.